The Hall–Kier alpha value is -1.98. The quantitative estimate of drug-likeness (QED) is 0.654. The van der Waals surface area contributed by atoms with E-state index in [0.717, 1.165) is 75.4 Å². The van der Waals surface area contributed by atoms with E-state index < -0.39 is 0 Å². The number of fused-ring (bicyclic) bond motifs is 4. The molecule has 0 unspecified atom stereocenters. The van der Waals surface area contributed by atoms with Gasteiger partial charge >= 0.3 is 0 Å². The molecule has 2 spiro atoms. The number of hydrogen-bond acceptors (Lipinski definition) is 4. The van der Waals surface area contributed by atoms with Crippen molar-refractivity contribution < 1.29 is 4.74 Å². The van der Waals surface area contributed by atoms with Crippen LogP contribution in [0.25, 0.3) is 11.3 Å². The lowest BCUT2D eigenvalue weighted by Crippen LogP contribution is -2.50. The van der Waals surface area contributed by atoms with Crippen LogP contribution in [0.2, 0.25) is 0 Å². The largest absolute Gasteiger partial charge is 0.376 e. The summed E-state index contributed by atoms with van der Waals surface area (Å²) in [7, 11) is 0. The van der Waals surface area contributed by atoms with E-state index in [1.165, 1.54) is 43.2 Å². The molecule has 1 atom stereocenters. The zero-order chi connectivity index (χ0) is 23.4. The first-order chi connectivity index (χ1) is 16.4. The first-order valence-electron chi connectivity index (χ1n) is 13.5. The van der Waals surface area contributed by atoms with Crippen LogP contribution < -0.4 is 5.56 Å². The third-order valence-electron chi connectivity index (χ3n) is 9.15. The van der Waals surface area contributed by atoms with Crippen LogP contribution in [0.15, 0.2) is 29.1 Å². The number of H-pyrrole nitrogens is 1. The summed E-state index contributed by atoms with van der Waals surface area (Å²) in [6, 6.07) is 8.64. The standard InChI is InChI=1S/C29H39N3O2/c1-27(2)19-28(14-16-34-27)11-8-15-32(20-28)18-23-30-25-22-10-5-4-9-21(22)17-29(12-6-3-7-13-29)24(25)26(33)31-23/h4-5,9-10H,3,6-8,11-20H2,1-2H3,(H,30,31,33)/t28-/m1/s1. The molecule has 5 heteroatoms. The van der Waals surface area contributed by atoms with Crippen LogP contribution in [0, 0.1) is 5.41 Å². The van der Waals surface area contributed by atoms with E-state index in [1.54, 1.807) is 0 Å². The van der Waals surface area contributed by atoms with Gasteiger partial charge in [0, 0.05) is 24.1 Å². The Morgan fingerprint density at radius 3 is 2.71 bits per heavy atom. The maximum absolute atomic E-state index is 13.7. The van der Waals surface area contributed by atoms with Crippen LogP contribution in [0.1, 0.15) is 88.6 Å². The fourth-order valence-corrected chi connectivity index (χ4v) is 7.89. The summed E-state index contributed by atoms with van der Waals surface area (Å²) in [6.07, 6.45) is 11.6. The molecule has 182 valence electrons. The molecule has 1 aromatic carbocycles. The lowest BCUT2D eigenvalue weighted by atomic mass is 9.62. The van der Waals surface area contributed by atoms with Gasteiger partial charge in [-0.05, 0) is 76.3 Å². The highest BCUT2D eigenvalue weighted by molar-refractivity contribution is 5.71. The molecule has 0 bridgehead atoms. The van der Waals surface area contributed by atoms with Gasteiger partial charge in [0.25, 0.3) is 5.56 Å². The van der Waals surface area contributed by atoms with Crippen LogP contribution in [0.4, 0.5) is 0 Å². The second kappa shape index (κ2) is 8.30. The van der Waals surface area contributed by atoms with Gasteiger partial charge in [0.05, 0.1) is 23.4 Å². The molecule has 4 aliphatic rings. The minimum atomic E-state index is -0.0440. The molecule has 3 heterocycles. The van der Waals surface area contributed by atoms with Crippen molar-refractivity contribution in [2.45, 2.75) is 95.6 Å². The van der Waals surface area contributed by atoms with E-state index in [1.807, 2.05) is 0 Å². The zero-order valence-corrected chi connectivity index (χ0v) is 20.9. The zero-order valence-electron chi connectivity index (χ0n) is 20.9. The first kappa shape index (κ1) is 22.5. The van der Waals surface area contributed by atoms with Crippen molar-refractivity contribution in [1.29, 1.82) is 0 Å². The second-order valence-electron chi connectivity index (χ2n) is 12.3. The highest BCUT2D eigenvalue weighted by Gasteiger charge is 2.44. The van der Waals surface area contributed by atoms with Gasteiger partial charge in [-0.25, -0.2) is 4.98 Å². The molecule has 1 N–H and O–H groups in total. The van der Waals surface area contributed by atoms with Crippen molar-refractivity contribution in [3.63, 3.8) is 0 Å². The van der Waals surface area contributed by atoms with Crippen molar-refractivity contribution in [2.75, 3.05) is 19.7 Å². The Labute approximate surface area is 203 Å². The maximum Gasteiger partial charge on any atom is 0.255 e. The van der Waals surface area contributed by atoms with Crippen LogP contribution in [0.3, 0.4) is 0 Å². The number of rotatable bonds is 2. The average molecular weight is 462 g/mol. The predicted octanol–water partition coefficient (Wildman–Crippen LogP) is 5.37. The van der Waals surface area contributed by atoms with Crippen LogP contribution in [0.5, 0.6) is 0 Å². The van der Waals surface area contributed by atoms with Gasteiger partial charge in [-0.2, -0.15) is 0 Å². The molecule has 0 amide bonds. The summed E-state index contributed by atoms with van der Waals surface area (Å²) in [5, 5.41) is 0. The van der Waals surface area contributed by atoms with Crippen LogP contribution in [-0.2, 0) is 23.1 Å². The van der Waals surface area contributed by atoms with E-state index in [4.69, 9.17) is 9.72 Å². The summed E-state index contributed by atoms with van der Waals surface area (Å²) in [5.41, 5.74) is 4.81. The van der Waals surface area contributed by atoms with Crippen LogP contribution >= 0.6 is 0 Å². The summed E-state index contributed by atoms with van der Waals surface area (Å²) in [6.45, 7) is 8.18. The Morgan fingerprint density at radius 1 is 1.06 bits per heavy atom. The smallest absolute Gasteiger partial charge is 0.255 e. The summed E-state index contributed by atoms with van der Waals surface area (Å²) in [5.74, 6) is 0.829. The molecular weight excluding hydrogens is 422 g/mol. The predicted molar refractivity (Wildman–Crippen MR) is 135 cm³/mol. The average Bonchev–Trinajstić information content (AvgIpc) is 2.78. The maximum atomic E-state index is 13.7. The number of benzene rings is 1. The lowest BCUT2D eigenvalue weighted by molar-refractivity contribution is -0.123. The molecule has 1 saturated carbocycles. The van der Waals surface area contributed by atoms with Gasteiger partial charge in [0.1, 0.15) is 5.82 Å². The lowest BCUT2D eigenvalue weighted by Gasteiger charge is -2.50. The molecule has 1 aromatic heterocycles. The molecule has 2 aromatic rings. The number of nitrogens with zero attached hydrogens (tertiary/aromatic N) is 2. The van der Waals surface area contributed by atoms with Crippen molar-refractivity contribution in [3.05, 3.63) is 51.6 Å². The fraction of sp³-hybridized carbons (Fsp3) is 0.655. The van der Waals surface area contributed by atoms with E-state index >= 15 is 0 Å². The second-order valence-corrected chi connectivity index (χ2v) is 12.3. The molecule has 3 fully saturated rings. The Kier molecular flexibility index (Phi) is 5.49. The van der Waals surface area contributed by atoms with E-state index in [2.05, 4.69) is 48.0 Å². The van der Waals surface area contributed by atoms with Crippen molar-refractivity contribution >= 4 is 0 Å². The van der Waals surface area contributed by atoms with Crippen molar-refractivity contribution in [2.24, 2.45) is 5.41 Å². The molecule has 0 radical (unpaired) electrons. The minimum Gasteiger partial charge on any atom is -0.376 e. The van der Waals surface area contributed by atoms with Crippen LogP contribution in [-0.4, -0.2) is 40.2 Å². The molecule has 2 saturated heterocycles. The third kappa shape index (κ3) is 3.95. The summed E-state index contributed by atoms with van der Waals surface area (Å²) < 4.78 is 6.03. The van der Waals surface area contributed by atoms with Gasteiger partial charge in [0.15, 0.2) is 0 Å². The summed E-state index contributed by atoms with van der Waals surface area (Å²) in [4.78, 5) is 24.6. The minimum absolute atomic E-state index is 0.0378. The molecule has 2 aliphatic heterocycles. The van der Waals surface area contributed by atoms with Crippen molar-refractivity contribution in [3.8, 4) is 11.3 Å². The molecular formula is C29H39N3O2. The molecule has 2 aliphatic carbocycles. The van der Waals surface area contributed by atoms with Gasteiger partial charge < -0.3 is 9.72 Å². The Morgan fingerprint density at radius 2 is 1.88 bits per heavy atom. The monoisotopic (exact) mass is 461 g/mol. The summed E-state index contributed by atoms with van der Waals surface area (Å²) >= 11 is 0. The van der Waals surface area contributed by atoms with E-state index in [9.17, 15) is 4.79 Å². The number of aromatic amines is 1. The van der Waals surface area contributed by atoms with Gasteiger partial charge in [0.2, 0.25) is 0 Å². The van der Waals surface area contributed by atoms with E-state index in [0.29, 0.717) is 5.41 Å². The number of likely N-dealkylation sites (tertiary alicyclic amines) is 1. The van der Waals surface area contributed by atoms with Gasteiger partial charge in [-0.1, -0.05) is 43.5 Å². The SMILES string of the molecule is CC1(C)C[C@@]2(CCCN(Cc3nc4c(c(=O)[nH]3)C3(CCCCC3)Cc3ccccc3-4)C2)CCO1. The topological polar surface area (TPSA) is 58.2 Å². The molecule has 5 nitrogen and oxygen atoms in total. The van der Waals surface area contributed by atoms with Gasteiger partial charge in [-0.15, -0.1) is 0 Å². The van der Waals surface area contributed by atoms with Gasteiger partial charge in [-0.3, -0.25) is 9.69 Å². The molecule has 34 heavy (non-hydrogen) atoms. The van der Waals surface area contributed by atoms with E-state index in [-0.39, 0.29) is 16.6 Å². The number of aromatic nitrogens is 2. The highest BCUT2D eigenvalue weighted by atomic mass is 16.5. The number of hydrogen-bond donors (Lipinski definition) is 1. The fourth-order valence-electron chi connectivity index (χ4n) is 7.89. The Balaban J connectivity index is 1.33. The number of nitrogens with one attached hydrogen (secondary N) is 1. The first-order valence-corrected chi connectivity index (χ1v) is 13.5. The highest BCUT2D eigenvalue weighted by Crippen LogP contribution is 2.49. The Bertz CT molecular complexity index is 1130. The molecule has 6 rings (SSSR count). The number of piperidine rings is 1. The third-order valence-corrected chi connectivity index (χ3v) is 9.15. The number of ether oxygens (including phenoxy) is 1. The van der Waals surface area contributed by atoms with Crippen molar-refractivity contribution in [1.82, 2.24) is 14.9 Å². The normalized spacial score (nSPS) is 27.9.